The van der Waals surface area contributed by atoms with Crippen molar-refractivity contribution in [3.05, 3.63) is 70.2 Å². The molecule has 0 bridgehead atoms. The summed E-state index contributed by atoms with van der Waals surface area (Å²) in [6.45, 7) is 4.52. The number of nitrogens with zero attached hydrogens (tertiary/aromatic N) is 1. The molecule has 3 rings (SSSR count). The first-order chi connectivity index (χ1) is 13.1. The Morgan fingerprint density at radius 2 is 1.93 bits per heavy atom. The molecule has 2 amide bonds. The lowest BCUT2D eigenvalue weighted by Gasteiger charge is -2.09. The zero-order valence-corrected chi connectivity index (χ0v) is 16.7. The largest absolute Gasteiger partial charge is 0.493 e. The topological polar surface area (TPSA) is 62.7 Å². The van der Waals surface area contributed by atoms with Crippen LogP contribution in [0.2, 0.25) is 0 Å². The van der Waals surface area contributed by atoms with Crippen LogP contribution in [-0.2, 0) is 0 Å². The number of carbonyl (C=O) groups is 1. The van der Waals surface area contributed by atoms with Gasteiger partial charge in [0, 0.05) is 21.1 Å². The van der Waals surface area contributed by atoms with Crippen LogP contribution >= 0.6 is 15.9 Å². The SMILES string of the molecule is CCOc1ccc(C=NNC(=O)Nc2ccc(Br)c(C)c2)c2ccccc12. The third-order valence-corrected chi connectivity index (χ3v) is 4.89. The molecule has 0 spiro atoms. The fourth-order valence-electron chi connectivity index (χ4n) is 2.73. The Morgan fingerprint density at radius 1 is 1.15 bits per heavy atom. The maximum Gasteiger partial charge on any atom is 0.339 e. The molecule has 0 radical (unpaired) electrons. The molecular formula is C21H20BrN3O2. The molecule has 5 nitrogen and oxygen atoms in total. The monoisotopic (exact) mass is 425 g/mol. The molecule has 0 fully saturated rings. The Balaban J connectivity index is 1.71. The number of aryl methyl sites for hydroxylation is 1. The molecule has 0 heterocycles. The third kappa shape index (κ3) is 4.65. The van der Waals surface area contributed by atoms with E-state index in [0.29, 0.717) is 12.3 Å². The standard InChI is InChI=1S/C21H20BrN3O2/c1-3-27-20-11-8-15(17-6-4-5-7-18(17)20)13-23-25-21(26)24-16-9-10-19(22)14(2)12-16/h4-13H,3H2,1-2H3,(H2,24,25,26). The Hall–Kier alpha value is -2.86. The van der Waals surface area contributed by atoms with Crippen LogP contribution in [0.25, 0.3) is 10.8 Å². The van der Waals surface area contributed by atoms with E-state index in [-0.39, 0.29) is 0 Å². The number of rotatable bonds is 5. The van der Waals surface area contributed by atoms with Gasteiger partial charge in [0.25, 0.3) is 0 Å². The number of anilines is 1. The number of carbonyl (C=O) groups excluding carboxylic acids is 1. The van der Waals surface area contributed by atoms with Gasteiger partial charge >= 0.3 is 6.03 Å². The van der Waals surface area contributed by atoms with Gasteiger partial charge < -0.3 is 10.1 Å². The molecule has 0 unspecified atom stereocenters. The molecule has 0 atom stereocenters. The van der Waals surface area contributed by atoms with Crippen molar-refractivity contribution in [3.63, 3.8) is 0 Å². The minimum atomic E-state index is -0.400. The van der Waals surface area contributed by atoms with E-state index in [1.165, 1.54) is 0 Å². The highest BCUT2D eigenvalue weighted by atomic mass is 79.9. The zero-order chi connectivity index (χ0) is 19.2. The molecule has 0 saturated heterocycles. The van der Waals surface area contributed by atoms with E-state index >= 15 is 0 Å². The van der Waals surface area contributed by atoms with Gasteiger partial charge in [-0.15, -0.1) is 0 Å². The summed E-state index contributed by atoms with van der Waals surface area (Å²) in [7, 11) is 0. The smallest absolute Gasteiger partial charge is 0.339 e. The summed E-state index contributed by atoms with van der Waals surface area (Å²) < 4.78 is 6.67. The van der Waals surface area contributed by atoms with E-state index in [2.05, 4.69) is 31.8 Å². The van der Waals surface area contributed by atoms with Crippen LogP contribution < -0.4 is 15.5 Å². The Labute approximate surface area is 166 Å². The second-order valence-corrected chi connectivity index (χ2v) is 6.77. The molecule has 0 aliphatic heterocycles. The van der Waals surface area contributed by atoms with Crippen molar-refractivity contribution in [1.29, 1.82) is 0 Å². The van der Waals surface area contributed by atoms with E-state index in [0.717, 1.165) is 32.1 Å². The maximum absolute atomic E-state index is 12.0. The molecule has 3 aromatic rings. The van der Waals surface area contributed by atoms with E-state index < -0.39 is 6.03 Å². The number of halogens is 1. The van der Waals surface area contributed by atoms with Crippen molar-refractivity contribution in [3.8, 4) is 5.75 Å². The van der Waals surface area contributed by atoms with Gasteiger partial charge in [0.15, 0.2) is 0 Å². The van der Waals surface area contributed by atoms with E-state index in [1.54, 1.807) is 6.21 Å². The number of hydrazone groups is 1. The van der Waals surface area contributed by atoms with Crippen LogP contribution in [0, 0.1) is 6.92 Å². The minimum Gasteiger partial charge on any atom is -0.493 e. The van der Waals surface area contributed by atoms with E-state index in [9.17, 15) is 4.79 Å². The third-order valence-electron chi connectivity index (χ3n) is 4.00. The number of amides is 2. The van der Waals surface area contributed by atoms with Crippen molar-refractivity contribution in [2.75, 3.05) is 11.9 Å². The van der Waals surface area contributed by atoms with Crippen LogP contribution in [0.15, 0.2) is 64.2 Å². The maximum atomic E-state index is 12.0. The van der Waals surface area contributed by atoms with Gasteiger partial charge in [-0.25, -0.2) is 10.2 Å². The zero-order valence-electron chi connectivity index (χ0n) is 15.1. The van der Waals surface area contributed by atoms with Crippen LogP contribution in [0.4, 0.5) is 10.5 Å². The van der Waals surface area contributed by atoms with Crippen LogP contribution in [0.1, 0.15) is 18.1 Å². The number of nitrogens with one attached hydrogen (secondary N) is 2. The number of benzene rings is 3. The summed E-state index contributed by atoms with van der Waals surface area (Å²) in [5.74, 6) is 0.835. The first-order valence-electron chi connectivity index (χ1n) is 8.59. The molecule has 0 saturated carbocycles. The fraction of sp³-hybridized carbons (Fsp3) is 0.143. The first-order valence-corrected chi connectivity index (χ1v) is 9.38. The Kier molecular flexibility index (Phi) is 6.08. The molecule has 2 N–H and O–H groups in total. The van der Waals surface area contributed by atoms with Gasteiger partial charge in [0.2, 0.25) is 0 Å². The number of ether oxygens (including phenoxy) is 1. The summed E-state index contributed by atoms with van der Waals surface area (Å²) in [5.41, 5.74) is 5.13. The predicted molar refractivity (Wildman–Crippen MR) is 114 cm³/mol. The Morgan fingerprint density at radius 3 is 2.67 bits per heavy atom. The van der Waals surface area contributed by atoms with Crippen molar-refractivity contribution >= 4 is 44.6 Å². The van der Waals surface area contributed by atoms with Crippen molar-refractivity contribution in [2.24, 2.45) is 5.10 Å². The van der Waals surface area contributed by atoms with Gasteiger partial charge in [-0.1, -0.05) is 40.2 Å². The minimum absolute atomic E-state index is 0.400. The van der Waals surface area contributed by atoms with E-state index in [1.807, 2.05) is 68.4 Å². The van der Waals surface area contributed by atoms with E-state index in [4.69, 9.17) is 4.74 Å². The summed E-state index contributed by atoms with van der Waals surface area (Å²) in [5, 5.41) is 8.85. The van der Waals surface area contributed by atoms with Crippen LogP contribution in [0.3, 0.4) is 0 Å². The van der Waals surface area contributed by atoms with Crippen molar-refractivity contribution in [1.82, 2.24) is 5.43 Å². The summed E-state index contributed by atoms with van der Waals surface area (Å²) in [4.78, 5) is 12.0. The summed E-state index contributed by atoms with van der Waals surface area (Å²) in [6, 6.07) is 17.0. The molecule has 138 valence electrons. The second-order valence-electron chi connectivity index (χ2n) is 5.92. The molecule has 0 aliphatic rings. The van der Waals surface area contributed by atoms with Gasteiger partial charge in [-0.3, -0.25) is 0 Å². The quantitative estimate of drug-likeness (QED) is 0.420. The average Bonchev–Trinajstić information content (AvgIpc) is 2.66. The lowest BCUT2D eigenvalue weighted by atomic mass is 10.0. The normalized spacial score (nSPS) is 10.9. The predicted octanol–water partition coefficient (Wildman–Crippen LogP) is 5.47. The first kappa shape index (κ1) is 18.9. The number of fused-ring (bicyclic) bond motifs is 1. The van der Waals surface area contributed by atoms with Gasteiger partial charge in [-0.2, -0.15) is 5.10 Å². The van der Waals surface area contributed by atoms with Crippen molar-refractivity contribution in [2.45, 2.75) is 13.8 Å². The Bertz CT molecular complexity index is 1000. The number of hydrogen-bond acceptors (Lipinski definition) is 3. The molecule has 0 aromatic heterocycles. The fourth-order valence-corrected chi connectivity index (χ4v) is 2.98. The molecular weight excluding hydrogens is 406 g/mol. The highest BCUT2D eigenvalue weighted by Gasteiger charge is 2.06. The summed E-state index contributed by atoms with van der Waals surface area (Å²) >= 11 is 3.44. The molecule has 27 heavy (non-hydrogen) atoms. The second kappa shape index (κ2) is 8.68. The van der Waals surface area contributed by atoms with Gasteiger partial charge in [-0.05, 0) is 55.1 Å². The lowest BCUT2D eigenvalue weighted by Crippen LogP contribution is -2.24. The highest BCUT2D eigenvalue weighted by Crippen LogP contribution is 2.27. The summed E-state index contributed by atoms with van der Waals surface area (Å²) in [6.07, 6.45) is 1.63. The van der Waals surface area contributed by atoms with Gasteiger partial charge in [0.1, 0.15) is 5.75 Å². The average molecular weight is 426 g/mol. The molecule has 3 aromatic carbocycles. The number of urea groups is 1. The van der Waals surface area contributed by atoms with Crippen LogP contribution in [-0.4, -0.2) is 18.9 Å². The molecule has 6 heteroatoms. The number of hydrogen-bond donors (Lipinski definition) is 2. The highest BCUT2D eigenvalue weighted by molar-refractivity contribution is 9.10. The van der Waals surface area contributed by atoms with Crippen LogP contribution in [0.5, 0.6) is 5.75 Å². The van der Waals surface area contributed by atoms with Crippen molar-refractivity contribution < 1.29 is 9.53 Å². The van der Waals surface area contributed by atoms with Gasteiger partial charge in [0.05, 0.1) is 12.8 Å². The lowest BCUT2D eigenvalue weighted by molar-refractivity contribution is 0.252. The molecule has 0 aliphatic carbocycles.